The zero-order chi connectivity index (χ0) is 35.0. The van der Waals surface area contributed by atoms with Gasteiger partial charge in [0, 0.05) is 31.4 Å². The van der Waals surface area contributed by atoms with E-state index in [2.05, 4.69) is 77.8 Å². The fraction of sp³-hybridized carbons (Fsp3) is 0.409. The van der Waals surface area contributed by atoms with Crippen molar-refractivity contribution in [1.82, 2.24) is 20.1 Å². The fourth-order valence-corrected chi connectivity index (χ4v) is 8.19. The molecule has 51 heavy (non-hydrogen) atoms. The van der Waals surface area contributed by atoms with E-state index in [0.29, 0.717) is 19.2 Å². The minimum atomic E-state index is 0.157. The van der Waals surface area contributed by atoms with E-state index in [9.17, 15) is 9.90 Å². The van der Waals surface area contributed by atoms with E-state index in [1.807, 2.05) is 23.1 Å². The monoisotopic (exact) mass is 684 g/mol. The first kappa shape index (κ1) is 35.0. The third kappa shape index (κ3) is 8.54. The molecule has 3 aliphatic rings. The molecule has 7 heteroatoms. The number of hydrogen-bond donors (Lipinski definition) is 2. The molecule has 2 atom stereocenters. The summed E-state index contributed by atoms with van der Waals surface area (Å²) in [5.41, 5.74) is 8.78. The molecule has 7 nitrogen and oxygen atoms in total. The number of likely N-dealkylation sites (tertiary alicyclic amines) is 1. The highest BCUT2D eigenvalue weighted by Gasteiger charge is 2.34. The number of rotatable bonds is 14. The molecule has 2 saturated heterocycles. The van der Waals surface area contributed by atoms with Crippen LogP contribution in [0.25, 0.3) is 11.1 Å². The molecule has 0 bridgehead atoms. The van der Waals surface area contributed by atoms with E-state index in [0.717, 1.165) is 105 Å². The van der Waals surface area contributed by atoms with Crippen LogP contribution in [0.15, 0.2) is 91.0 Å². The fourth-order valence-electron chi connectivity index (χ4n) is 8.19. The molecule has 4 aromatic rings. The van der Waals surface area contributed by atoms with Crippen molar-refractivity contribution in [1.29, 1.82) is 0 Å². The van der Waals surface area contributed by atoms with Gasteiger partial charge in [0.15, 0.2) is 0 Å². The largest absolute Gasteiger partial charge is 0.508 e. The van der Waals surface area contributed by atoms with Gasteiger partial charge in [-0.05, 0) is 128 Å². The van der Waals surface area contributed by atoms with Gasteiger partial charge in [0.05, 0.1) is 17.8 Å². The quantitative estimate of drug-likeness (QED) is 0.104. The normalized spacial score (nSPS) is 19.6. The number of hydrogen-bond acceptors (Lipinski definition) is 6. The van der Waals surface area contributed by atoms with E-state index < -0.39 is 0 Å². The SMILES string of the molecule is CCC(=C(c1ccc(O)cc1)c1ccc(OCCN2CCC(CCCCc3ccc4c(n3)CN(C3CCCNC3)C4=O)C2)cc1)c1ccccc1. The Morgan fingerprint density at radius 3 is 2.45 bits per heavy atom. The second-order valence-corrected chi connectivity index (χ2v) is 14.4. The van der Waals surface area contributed by atoms with Gasteiger partial charge in [-0.3, -0.25) is 14.7 Å². The summed E-state index contributed by atoms with van der Waals surface area (Å²) in [4.78, 5) is 22.5. The van der Waals surface area contributed by atoms with Crippen LogP contribution in [-0.2, 0) is 13.0 Å². The summed E-state index contributed by atoms with van der Waals surface area (Å²) in [5.74, 6) is 2.06. The van der Waals surface area contributed by atoms with Gasteiger partial charge in [0.25, 0.3) is 5.91 Å². The summed E-state index contributed by atoms with van der Waals surface area (Å²) < 4.78 is 6.23. The van der Waals surface area contributed by atoms with Gasteiger partial charge in [-0.25, -0.2) is 0 Å². The lowest BCUT2D eigenvalue weighted by Gasteiger charge is -2.31. The van der Waals surface area contributed by atoms with Crippen LogP contribution in [0.1, 0.15) is 90.3 Å². The number of pyridine rings is 1. The minimum absolute atomic E-state index is 0.157. The van der Waals surface area contributed by atoms with Crippen LogP contribution < -0.4 is 10.1 Å². The number of carbonyl (C=O) groups is 1. The van der Waals surface area contributed by atoms with Gasteiger partial charge < -0.3 is 20.1 Å². The van der Waals surface area contributed by atoms with Crippen molar-refractivity contribution in [2.75, 3.05) is 39.3 Å². The predicted molar refractivity (Wildman–Crippen MR) is 205 cm³/mol. The Morgan fingerprint density at radius 1 is 0.922 bits per heavy atom. The van der Waals surface area contributed by atoms with Gasteiger partial charge in [-0.1, -0.05) is 67.9 Å². The average molecular weight is 685 g/mol. The molecular formula is C44H52N4O3. The zero-order valence-electron chi connectivity index (χ0n) is 30.0. The molecular weight excluding hydrogens is 633 g/mol. The lowest BCUT2D eigenvalue weighted by atomic mass is 9.88. The van der Waals surface area contributed by atoms with Crippen LogP contribution in [0.5, 0.6) is 11.5 Å². The molecule has 1 aromatic heterocycles. The summed E-state index contributed by atoms with van der Waals surface area (Å²) >= 11 is 0. The maximum Gasteiger partial charge on any atom is 0.256 e. The second-order valence-electron chi connectivity index (χ2n) is 14.4. The number of phenolic OH excluding ortho intramolecular Hbond substituents is 1. The molecule has 7 rings (SSSR count). The number of ether oxygens (including phenoxy) is 1. The Kier molecular flexibility index (Phi) is 11.5. The first-order chi connectivity index (χ1) is 25.1. The van der Waals surface area contributed by atoms with Crippen LogP contribution in [0, 0.1) is 5.92 Å². The number of phenols is 1. The maximum absolute atomic E-state index is 13.0. The number of piperidine rings is 1. The molecule has 4 heterocycles. The number of allylic oxidation sites excluding steroid dienone is 1. The van der Waals surface area contributed by atoms with Crippen LogP contribution in [0.2, 0.25) is 0 Å². The van der Waals surface area contributed by atoms with Crippen LogP contribution >= 0.6 is 0 Å². The summed E-state index contributed by atoms with van der Waals surface area (Å²) in [6, 6.07) is 30.9. The average Bonchev–Trinajstić information content (AvgIpc) is 3.77. The lowest BCUT2D eigenvalue weighted by Crippen LogP contribution is -2.46. The molecule has 0 aliphatic carbocycles. The Hall–Kier alpha value is -4.46. The minimum Gasteiger partial charge on any atom is -0.508 e. The topological polar surface area (TPSA) is 77.9 Å². The van der Waals surface area contributed by atoms with Crippen molar-refractivity contribution in [3.8, 4) is 11.5 Å². The van der Waals surface area contributed by atoms with E-state index >= 15 is 0 Å². The summed E-state index contributed by atoms with van der Waals surface area (Å²) in [5, 5.41) is 13.4. The van der Waals surface area contributed by atoms with Crippen molar-refractivity contribution < 1.29 is 14.6 Å². The van der Waals surface area contributed by atoms with E-state index in [1.165, 1.54) is 36.0 Å². The number of aromatic hydroxyl groups is 1. The van der Waals surface area contributed by atoms with Crippen molar-refractivity contribution in [3.63, 3.8) is 0 Å². The van der Waals surface area contributed by atoms with Gasteiger partial charge in [0.2, 0.25) is 0 Å². The van der Waals surface area contributed by atoms with Crippen molar-refractivity contribution in [3.05, 3.63) is 125 Å². The maximum atomic E-state index is 13.0. The highest BCUT2D eigenvalue weighted by atomic mass is 16.5. The standard InChI is InChI=1S/C44H52N4O3/c1-2-40(33-10-4-3-5-11-33)43(34-14-19-38(49)20-15-34)35-16-21-39(22-17-35)51-28-27-47-26-24-32(30-47)9-6-7-12-36-18-23-41-42(46-36)31-48(44(41)50)37-13-8-25-45-29-37/h3-5,10-11,14-23,32,37,45,49H,2,6-9,12-13,24-31H2,1H3. The Labute approximate surface area is 303 Å². The van der Waals surface area contributed by atoms with Gasteiger partial charge >= 0.3 is 0 Å². The molecule has 0 spiro atoms. The first-order valence-corrected chi connectivity index (χ1v) is 19.1. The highest BCUT2D eigenvalue weighted by molar-refractivity contribution is 5.99. The van der Waals surface area contributed by atoms with E-state index in [-0.39, 0.29) is 11.7 Å². The van der Waals surface area contributed by atoms with Gasteiger partial charge in [0.1, 0.15) is 18.1 Å². The molecule has 2 unspecified atom stereocenters. The summed E-state index contributed by atoms with van der Waals surface area (Å²) in [7, 11) is 0. The summed E-state index contributed by atoms with van der Waals surface area (Å²) in [6.07, 6.45) is 8.94. The van der Waals surface area contributed by atoms with E-state index in [4.69, 9.17) is 9.72 Å². The highest BCUT2D eigenvalue weighted by Crippen LogP contribution is 2.36. The number of fused-ring (bicyclic) bond motifs is 1. The van der Waals surface area contributed by atoms with Gasteiger partial charge in [-0.15, -0.1) is 0 Å². The lowest BCUT2D eigenvalue weighted by molar-refractivity contribution is 0.0673. The smallest absolute Gasteiger partial charge is 0.256 e. The van der Waals surface area contributed by atoms with Crippen LogP contribution in [0.3, 0.4) is 0 Å². The van der Waals surface area contributed by atoms with Crippen molar-refractivity contribution in [2.45, 2.75) is 70.9 Å². The predicted octanol–water partition coefficient (Wildman–Crippen LogP) is 7.98. The number of nitrogens with zero attached hydrogens (tertiary/aromatic N) is 3. The third-order valence-electron chi connectivity index (χ3n) is 11.0. The van der Waals surface area contributed by atoms with E-state index in [1.54, 1.807) is 12.1 Å². The molecule has 0 saturated carbocycles. The Morgan fingerprint density at radius 2 is 1.71 bits per heavy atom. The van der Waals surface area contributed by atoms with Crippen LogP contribution in [-0.4, -0.2) is 71.2 Å². The number of aryl methyl sites for hydroxylation is 1. The van der Waals surface area contributed by atoms with Gasteiger partial charge in [-0.2, -0.15) is 0 Å². The number of aromatic nitrogens is 1. The Balaban J connectivity index is 0.857. The molecule has 2 N–H and O–H groups in total. The molecule has 0 radical (unpaired) electrons. The summed E-state index contributed by atoms with van der Waals surface area (Å²) in [6.45, 7) is 8.71. The molecule has 1 amide bonds. The number of nitrogens with one attached hydrogen (secondary N) is 1. The van der Waals surface area contributed by atoms with Crippen LogP contribution in [0.4, 0.5) is 0 Å². The number of unbranched alkanes of at least 4 members (excludes halogenated alkanes) is 1. The number of carbonyl (C=O) groups excluding carboxylic acids is 1. The molecule has 3 aromatic carbocycles. The Bertz CT molecular complexity index is 1780. The molecule has 2 fully saturated rings. The third-order valence-corrected chi connectivity index (χ3v) is 11.0. The van der Waals surface area contributed by atoms with Crippen molar-refractivity contribution in [2.24, 2.45) is 5.92 Å². The van der Waals surface area contributed by atoms with Crippen molar-refractivity contribution >= 4 is 17.1 Å². The number of benzene rings is 3. The molecule has 266 valence electrons. The zero-order valence-corrected chi connectivity index (χ0v) is 30.0. The number of amides is 1. The second kappa shape index (κ2) is 16.7. The first-order valence-electron chi connectivity index (χ1n) is 19.1. The molecule has 3 aliphatic heterocycles.